The molecule has 0 radical (unpaired) electrons. The number of likely N-dealkylation sites (N-methyl/N-ethyl adjacent to an activating group) is 1. The maximum absolute atomic E-state index is 10.1. The van der Waals surface area contributed by atoms with Crippen molar-refractivity contribution in [3.05, 3.63) is 17.5 Å². The highest BCUT2D eigenvalue weighted by Crippen LogP contribution is 2.25. The molecular weight excluding hydrogens is 260 g/mol. The van der Waals surface area contributed by atoms with Crippen LogP contribution in [0.25, 0.3) is 0 Å². The number of thiocarbonyl (C=S) groups is 1. The molecule has 0 amide bonds. The van der Waals surface area contributed by atoms with Crippen LogP contribution in [0.5, 0.6) is 0 Å². The number of hydrogen-bond donors (Lipinski definition) is 2. The van der Waals surface area contributed by atoms with Gasteiger partial charge in [-0.3, -0.25) is 0 Å². The average Bonchev–Trinajstić information content (AvgIpc) is 2.37. The molecule has 104 valence electrons. The zero-order valence-corrected chi connectivity index (χ0v) is 12.2. The lowest BCUT2D eigenvalue weighted by molar-refractivity contribution is 0.105. The van der Waals surface area contributed by atoms with E-state index in [2.05, 4.69) is 9.97 Å². The summed E-state index contributed by atoms with van der Waals surface area (Å²) in [6.07, 6.45) is 3.68. The van der Waals surface area contributed by atoms with Gasteiger partial charge in [0.15, 0.2) is 0 Å². The summed E-state index contributed by atoms with van der Waals surface area (Å²) >= 11 is 4.97. The van der Waals surface area contributed by atoms with E-state index in [1.165, 1.54) is 0 Å². The molecule has 0 aromatic carbocycles. The molecule has 19 heavy (non-hydrogen) atoms. The first kappa shape index (κ1) is 14.1. The summed E-state index contributed by atoms with van der Waals surface area (Å²) in [4.78, 5) is 11.0. The van der Waals surface area contributed by atoms with Gasteiger partial charge in [0.1, 0.15) is 10.7 Å². The van der Waals surface area contributed by atoms with Gasteiger partial charge in [0.2, 0.25) is 5.95 Å². The van der Waals surface area contributed by atoms with Crippen LogP contribution in [-0.4, -0.2) is 39.3 Å². The fourth-order valence-corrected chi connectivity index (χ4v) is 2.63. The lowest BCUT2D eigenvalue weighted by Crippen LogP contribution is -2.44. The second kappa shape index (κ2) is 5.79. The maximum Gasteiger partial charge on any atom is 0.226 e. The standard InChI is InChI=1S/C13H20N4OS/c1-8-7-9(12(14)19)16-13(15-8)17(2)10-5-3-4-6-11(10)18/h7,10-11,18H,3-6H2,1-2H3,(H2,14,19). The fraction of sp³-hybridized carbons (Fsp3) is 0.615. The number of nitrogens with two attached hydrogens (primary N) is 1. The maximum atomic E-state index is 10.1. The minimum atomic E-state index is -0.323. The molecule has 2 rings (SSSR count). The largest absolute Gasteiger partial charge is 0.391 e. The Kier molecular flexibility index (Phi) is 4.31. The second-order valence-corrected chi connectivity index (χ2v) is 5.53. The van der Waals surface area contributed by atoms with Gasteiger partial charge in [-0.25, -0.2) is 9.97 Å². The van der Waals surface area contributed by atoms with Crippen LogP contribution in [0.1, 0.15) is 37.1 Å². The number of aromatic nitrogens is 2. The summed E-state index contributed by atoms with van der Waals surface area (Å²) in [5.74, 6) is 0.578. The Balaban J connectivity index is 2.27. The number of aryl methyl sites for hydroxylation is 1. The molecule has 0 spiro atoms. The van der Waals surface area contributed by atoms with E-state index in [0.717, 1.165) is 31.4 Å². The van der Waals surface area contributed by atoms with Crippen LogP contribution in [0.3, 0.4) is 0 Å². The molecule has 1 aliphatic carbocycles. The van der Waals surface area contributed by atoms with E-state index >= 15 is 0 Å². The van der Waals surface area contributed by atoms with Crippen molar-refractivity contribution in [3.8, 4) is 0 Å². The third-order valence-electron chi connectivity index (χ3n) is 3.60. The zero-order chi connectivity index (χ0) is 14.0. The van der Waals surface area contributed by atoms with Crippen LogP contribution >= 0.6 is 12.2 Å². The summed E-state index contributed by atoms with van der Waals surface area (Å²) in [7, 11) is 1.91. The third kappa shape index (κ3) is 3.19. The van der Waals surface area contributed by atoms with Gasteiger partial charge in [-0.2, -0.15) is 0 Å². The molecule has 5 nitrogen and oxygen atoms in total. The highest BCUT2D eigenvalue weighted by Gasteiger charge is 2.28. The van der Waals surface area contributed by atoms with Crippen molar-refractivity contribution in [2.24, 2.45) is 5.73 Å². The van der Waals surface area contributed by atoms with Gasteiger partial charge in [-0.05, 0) is 25.8 Å². The molecule has 2 atom stereocenters. The number of aliphatic hydroxyl groups is 1. The fourth-order valence-electron chi connectivity index (χ4n) is 2.53. The van der Waals surface area contributed by atoms with E-state index in [4.69, 9.17) is 18.0 Å². The first-order valence-corrected chi connectivity index (χ1v) is 6.96. The zero-order valence-electron chi connectivity index (χ0n) is 11.3. The molecular formula is C13H20N4OS. The van der Waals surface area contributed by atoms with Gasteiger partial charge in [0.05, 0.1) is 12.1 Å². The molecule has 1 saturated carbocycles. The van der Waals surface area contributed by atoms with Gasteiger partial charge < -0.3 is 15.7 Å². The molecule has 0 aliphatic heterocycles. The molecule has 1 heterocycles. The number of anilines is 1. The van der Waals surface area contributed by atoms with Crippen molar-refractivity contribution in [1.29, 1.82) is 0 Å². The summed E-state index contributed by atoms with van der Waals surface area (Å²) in [5.41, 5.74) is 7.03. The molecule has 1 aromatic rings. The van der Waals surface area contributed by atoms with Gasteiger partial charge in [-0.1, -0.05) is 25.1 Å². The summed E-state index contributed by atoms with van der Waals surface area (Å²) < 4.78 is 0. The number of aliphatic hydroxyl groups excluding tert-OH is 1. The molecule has 2 unspecified atom stereocenters. The van der Waals surface area contributed by atoms with Crippen molar-refractivity contribution in [2.75, 3.05) is 11.9 Å². The van der Waals surface area contributed by atoms with E-state index in [1.807, 2.05) is 18.9 Å². The quantitative estimate of drug-likeness (QED) is 0.809. The van der Waals surface area contributed by atoms with E-state index in [-0.39, 0.29) is 17.1 Å². The van der Waals surface area contributed by atoms with Crippen LogP contribution in [0, 0.1) is 6.92 Å². The minimum absolute atomic E-state index is 0.0646. The Labute approximate surface area is 118 Å². The van der Waals surface area contributed by atoms with Crippen molar-refractivity contribution in [1.82, 2.24) is 9.97 Å². The average molecular weight is 280 g/mol. The van der Waals surface area contributed by atoms with E-state index < -0.39 is 0 Å². The van der Waals surface area contributed by atoms with Crippen LogP contribution in [0.2, 0.25) is 0 Å². The Hall–Kier alpha value is -1.27. The second-order valence-electron chi connectivity index (χ2n) is 5.09. The number of hydrogen-bond acceptors (Lipinski definition) is 5. The van der Waals surface area contributed by atoms with Gasteiger partial charge in [-0.15, -0.1) is 0 Å². The Morgan fingerprint density at radius 1 is 1.42 bits per heavy atom. The highest BCUT2D eigenvalue weighted by atomic mass is 32.1. The molecule has 1 aliphatic rings. The van der Waals surface area contributed by atoms with Crippen molar-refractivity contribution in [3.63, 3.8) is 0 Å². The minimum Gasteiger partial charge on any atom is -0.391 e. The summed E-state index contributed by atoms with van der Waals surface area (Å²) in [6.45, 7) is 1.89. The molecule has 0 saturated heterocycles. The Morgan fingerprint density at radius 2 is 2.11 bits per heavy atom. The lowest BCUT2D eigenvalue weighted by Gasteiger charge is -2.35. The number of nitrogens with zero attached hydrogens (tertiary/aromatic N) is 3. The molecule has 1 fully saturated rings. The van der Waals surface area contributed by atoms with E-state index in [9.17, 15) is 5.11 Å². The predicted octanol–water partition coefficient (Wildman–Crippen LogP) is 1.16. The molecule has 6 heteroatoms. The van der Waals surface area contributed by atoms with Crippen molar-refractivity contribution in [2.45, 2.75) is 44.8 Å². The van der Waals surface area contributed by atoms with Crippen LogP contribution in [0.4, 0.5) is 5.95 Å². The monoisotopic (exact) mass is 280 g/mol. The van der Waals surface area contributed by atoms with Gasteiger partial charge >= 0.3 is 0 Å². The topological polar surface area (TPSA) is 75.3 Å². The van der Waals surface area contributed by atoms with E-state index in [1.54, 1.807) is 6.07 Å². The number of rotatable bonds is 3. The van der Waals surface area contributed by atoms with Crippen molar-refractivity contribution < 1.29 is 5.11 Å². The Morgan fingerprint density at radius 3 is 2.74 bits per heavy atom. The lowest BCUT2D eigenvalue weighted by atomic mass is 9.92. The van der Waals surface area contributed by atoms with E-state index in [0.29, 0.717) is 11.6 Å². The predicted molar refractivity (Wildman–Crippen MR) is 79.3 cm³/mol. The van der Waals surface area contributed by atoms with Gasteiger partial charge in [0.25, 0.3) is 0 Å². The Bertz CT molecular complexity index is 480. The summed E-state index contributed by atoms with van der Waals surface area (Å²) in [5, 5.41) is 10.1. The van der Waals surface area contributed by atoms with Crippen molar-refractivity contribution >= 4 is 23.2 Å². The smallest absolute Gasteiger partial charge is 0.226 e. The van der Waals surface area contributed by atoms with Gasteiger partial charge in [0, 0.05) is 12.7 Å². The molecule has 1 aromatic heterocycles. The third-order valence-corrected chi connectivity index (χ3v) is 3.81. The first-order chi connectivity index (χ1) is 8.99. The molecule has 0 bridgehead atoms. The van der Waals surface area contributed by atoms with Crippen LogP contribution in [-0.2, 0) is 0 Å². The molecule has 3 N–H and O–H groups in total. The van der Waals surface area contributed by atoms with Crippen LogP contribution in [0.15, 0.2) is 6.07 Å². The first-order valence-electron chi connectivity index (χ1n) is 6.55. The summed E-state index contributed by atoms with van der Waals surface area (Å²) in [6, 6.07) is 1.84. The van der Waals surface area contributed by atoms with Crippen LogP contribution < -0.4 is 10.6 Å². The normalized spacial score (nSPS) is 23.1. The highest BCUT2D eigenvalue weighted by molar-refractivity contribution is 7.80. The SMILES string of the molecule is Cc1cc(C(N)=S)nc(N(C)C2CCCCC2O)n1.